The summed E-state index contributed by atoms with van der Waals surface area (Å²) in [6.07, 6.45) is 0. The van der Waals surface area contributed by atoms with Gasteiger partial charge in [-0.15, -0.1) is 0 Å². The van der Waals surface area contributed by atoms with E-state index in [0.29, 0.717) is 6.61 Å². The summed E-state index contributed by atoms with van der Waals surface area (Å²) in [7, 11) is 0. The Labute approximate surface area is 112 Å². The second-order valence-electron chi connectivity index (χ2n) is 4.29. The number of hydrogen-bond acceptors (Lipinski definition) is 2. The molecule has 0 fully saturated rings. The van der Waals surface area contributed by atoms with E-state index in [2.05, 4.69) is 17.4 Å². The summed E-state index contributed by atoms with van der Waals surface area (Å²) in [5, 5.41) is 4.27. The molecule has 1 N–H and O–H groups in total. The van der Waals surface area contributed by atoms with Crippen LogP contribution in [0.25, 0.3) is 0 Å². The molecule has 0 aromatic heterocycles. The lowest BCUT2D eigenvalue weighted by Crippen LogP contribution is -2.24. The Hall–Kier alpha value is -1.51. The van der Waals surface area contributed by atoms with Crippen molar-refractivity contribution >= 4 is 11.6 Å². The fraction of sp³-hybridized carbons (Fsp3) is 0.200. The Morgan fingerprint density at radius 3 is 2.56 bits per heavy atom. The minimum absolute atomic E-state index is 0.0948. The maximum atomic E-state index is 6.30. The van der Waals surface area contributed by atoms with Crippen LogP contribution in [-0.2, 0) is 0 Å². The number of para-hydroxylation sites is 1. The van der Waals surface area contributed by atoms with Gasteiger partial charge < -0.3 is 10.1 Å². The quantitative estimate of drug-likeness (QED) is 0.847. The number of fused-ring (bicyclic) bond motifs is 1. The van der Waals surface area contributed by atoms with Crippen molar-refractivity contribution in [3.63, 3.8) is 0 Å². The third kappa shape index (κ3) is 2.09. The van der Waals surface area contributed by atoms with E-state index >= 15 is 0 Å². The fourth-order valence-corrected chi connectivity index (χ4v) is 2.56. The normalized spacial score (nSPS) is 18.6. The van der Waals surface area contributed by atoms with E-state index in [1.807, 2.05) is 36.4 Å². The monoisotopic (exact) mass is 259 g/mol. The SMILES string of the molecule is Clc1ccccc1C1NCCOc2ccccc21. The summed E-state index contributed by atoms with van der Waals surface area (Å²) >= 11 is 6.30. The Morgan fingerprint density at radius 1 is 1.00 bits per heavy atom. The zero-order chi connectivity index (χ0) is 12.4. The van der Waals surface area contributed by atoms with Gasteiger partial charge in [0.2, 0.25) is 0 Å². The molecule has 3 heteroatoms. The molecule has 1 heterocycles. The second-order valence-corrected chi connectivity index (χ2v) is 4.70. The molecule has 1 unspecified atom stereocenters. The molecule has 92 valence electrons. The molecule has 2 nitrogen and oxygen atoms in total. The summed E-state index contributed by atoms with van der Waals surface area (Å²) in [6.45, 7) is 1.49. The zero-order valence-corrected chi connectivity index (χ0v) is 10.7. The van der Waals surface area contributed by atoms with Crippen LogP contribution in [0, 0.1) is 0 Å². The average molecular weight is 260 g/mol. The molecule has 1 aliphatic rings. The lowest BCUT2D eigenvalue weighted by molar-refractivity contribution is 0.325. The van der Waals surface area contributed by atoms with Crippen molar-refractivity contribution in [2.24, 2.45) is 0 Å². The molecule has 0 amide bonds. The third-order valence-electron chi connectivity index (χ3n) is 3.15. The lowest BCUT2D eigenvalue weighted by Gasteiger charge is -2.19. The van der Waals surface area contributed by atoms with Crippen LogP contribution in [0.5, 0.6) is 5.75 Å². The molecule has 3 rings (SSSR count). The van der Waals surface area contributed by atoms with Gasteiger partial charge in [-0.05, 0) is 17.7 Å². The van der Waals surface area contributed by atoms with Gasteiger partial charge in [-0.3, -0.25) is 0 Å². The number of nitrogens with one attached hydrogen (secondary N) is 1. The highest BCUT2D eigenvalue weighted by Gasteiger charge is 2.21. The summed E-state index contributed by atoms with van der Waals surface area (Å²) in [5.74, 6) is 0.937. The molecule has 0 radical (unpaired) electrons. The van der Waals surface area contributed by atoms with E-state index in [4.69, 9.17) is 16.3 Å². The minimum Gasteiger partial charge on any atom is -0.492 e. The second kappa shape index (κ2) is 5.01. The van der Waals surface area contributed by atoms with Crippen LogP contribution in [0.1, 0.15) is 17.2 Å². The average Bonchev–Trinajstić information content (AvgIpc) is 2.62. The van der Waals surface area contributed by atoms with E-state index in [9.17, 15) is 0 Å². The van der Waals surface area contributed by atoms with Crippen LogP contribution >= 0.6 is 11.6 Å². The predicted molar refractivity (Wildman–Crippen MR) is 73.2 cm³/mol. The first-order chi connectivity index (χ1) is 8.86. The fourth-order valence-electron chi connectivity index (χ4n) is 2.31. The van der Waals surface area contributed by atoms with Crippen LogP contribution < -0.4 is 10.1 Å². The maximum absolute atomic E-state index is 6.30. The van der Waals surface area contributed by atoms with Gasteiger partial charge in [-0.1, -0.05) is 48.0 Å². The van der Waals surface area contributed by atoms with Crippen LogP contribution in [0.2, 0.25) is 5.02 Å². The van der Waals surface area contributed by atoms with Crippen LogP contribution in [-0.4, -0.2) is 13.2 Å². The Bertz CT molecular complexity index is 556. The Kier molecular flexibility index (Phi) is 3.22. The molecule has 18 heavy (non-hydrogen) atoms. The van der Waals surface area contributed by atoms with Gasteiger partial charge in [-0.2, -0.15) is 0 Å². The summed E-state index contributed by atoms with van der Waals surface area (Å²) in [4.78, 5) is 0. The van der Waals surface area contributed by atoms with Crippen molar-refractivity contribution in [3.8, 4) is 5.75 Å². The van der Waals surface area contributed by atoms with Crippen LogP contribution in [0.4, 0.5) is 0 Å². The predicted octanol–water partition coefficient (Wildman–Crippen LogP) is 3.41. The highest BCUT2D eigenvalue weighted by molar-refractivity contribution is 6.31. The van der Waals surface area contributed by atoms with Crippen molar-refractivity contribution in [1.82, 2.24) is 5.32 Å². The first kappa shape index (κ1) is 11.6. The third-order valence-corrected chi connectivity index (χ3v) is 3.50. The van der Waals surface area contributed by atoms with Gasteiger partial charge in [0.25, 0.3) is 0 Å². The molecule has 0 bridgehead atoms. The summed E-state index contributed by atoms with van der Waals surface area (Å²) in [5.41, 5.74) is 2.24. The summed E-state index contributed by atoms with van der Waals surface area (Å²) in [6, 6.07) is 16.1. The number of ether oxygens (including phenoxy) is 1. The Morgan fingerprint density at radius 2 is 1.72 bits per heavy atom. The van der Waals surface area contributed by atoms with Crippen molar-refractivity contribution in [2.75, 3.05) is 13.2 Å². The zero-order valence-electron chi connectivity index (χ0n) is 9.90. The molecule has 2 aromatic carbocycles. The first-order valence-corrected chi connectivity index (χ1v) is 6.43. The largest absolute Gasteiger partial charge is 0.492 e. The van der Waals surface area contributed by atoms with Gasteiger partial charge in [0.05, 0.1) is 6.04 Å². The van der Waals surface area contributed by atoms with Crippen molar-refractivity contribution in [2.45, 2.75) is 6.04 Å². The molecular weight excluding hydrogens is 246 g/mol. The molecule has 0 saturated carbocycles. The molecule has 1 aliphatic heterocycles. The maximum Gasteiger partial charge on any atom is 0.124 e. The van der Waals surface area contributed by atoms with Crippen LogP contribution in [0.3, 0.4) is 0 Å². The van der Waals surface area contributed by atoms with E-state index in [1.165, 1.54) is 0 Å². The van der Waals surface area contributed by atoms with Gasteiger partial charge in [0.15, 0.2) is 0 Å². The minimum atomic E-state index is 0.0948. The van der Waals surface area contributed by atoms with Crippen molar-refractivity contribution in [1.29, 1.82) is 0 Å². The Balaban J connectivity index is 2.10. The topological polar surface area (TPSA) is 21.3 Å². The highest BCUT2D eigenvalue weighted by Crippen LogP contribution is 2.34. The number of halogens is 1. The highest BCUT2D eigenvalue weighted by atomic mass is 35.5. The van der Waals surface area contributed by atoms with Gasteiger partial charge in [0.1, 0.15) is 12.4 Å². The standard InChI is InChI=1S/C15H14ClNO/c16-13-7-3-1-5-11(13)15-12-6-2-4-8-14(12)18-10-9-17-15/h1-8,15,17H,9-10H2. The van der Waals surface area contributed by atoms with E-state index < -0.39 is 0 Å². The molecular formula is C15H14ClNO. The lowest BCUT2D eigenvalue weighted by atomic mass is 9.98. The van der Waals surface area contributed by atoms with E-state index in [-0.39, 0.29) is 6.04 Å². The number of benzene rings is 2. The van der Waals surface area contributed by atoms with Gasteiger partial charge >= 0.3 is 0 Å². The smallest absolute Gasteiger partial charge is 0.124 e. The van der Waals surface area contributed by atoms with E-state index in [1.54, 1.807) is 0 Å². The van der Waals surface area contributed by atoms with E-state index in [0.717, 1.165) is 28.4 Å². The molecule has 0 aliphatic carbocycles. The molecule has 0 spiro atoms. The van der Waals surface area contributed by atoms with Gasteiger partial charge in [-0.25, -0.2) is 0 Å². The van der Waals surface area contributed by atoms with Crippen molar-refractivity contribution < 1.29 is 4.74 Å². The number of rotatable bonds is 1. The molecule has 1 atom stereocenters. The summed E-state index contributed by atoms with van der Waals surface area (Å²) < 4.78 is 5.73. The molecule has 0 saturated heterocycles. The number of hydrogen-bond donors (Lipinski definition) is 1. The molecule has 2 aromatic rings. The first-order valence-electron chi connectivity index (χ1n) is 6.06. The van der Waals surface area contributed by atoms with Crippen molar-refractivity contribution in [3.05, 3.63) is 64.7 Å². The van der Waals surface area contributed by atoms with Gasteiger partial charge in [0, 0.05) is 17.1 Å². The van der Waals surface area contributed by atoms with Crippen LogP contribution in [0.15, 0.2) is 48.5 Å².